The normalized spacial score (nSPS) is 17.6. The number of halogens is 1. The van der Waals surface area contributed by atoms with Crippen LogP contribution in [0.5, 0.6) is 5.75 Å². The van der Waals surface area contributed by atoms with Gasteiger partial charge >= 0.3 is 0 Å². The Kier molecular flexibility index (Phi) is 4.58. The van der Waals surface area contributed by atoms with Crippen LogP contribution in [0.1, 0.15) is 17.2 Å². The first-order valence-corrected chi connectivity index (χ1v) is 8.03. The SMILES string of the molecule is Oc1ccccc1C(c1ccc(Br)cc1)N1CCNCC1. The molecule has 0 saturated carbocycles. The Hall–Kier alpha value is -1.36. The standard InChI is InChI=1S/C17H19BrN2O/c18-14-7-5-13(6-8-14)17(20-11-9-19-10-12-20)15-3-1-2-4-16(15)21/h1-8,17,19,21H,9-12H2. The molecule has 3 rings (SSSR count). The van der Waals surface area contributed by atoms with Crippen LogP contribution >= 0.6 is 15.9 Å². The van der Waals surface area contributed by atoms with Crippen molar-refractivity contribution < 1.29 is 5.11 Å². The molecule has 0 aliphatic carbocycles. The van der Waals surface area contributed by atoms with E-state index in [0.29, 0.717) is 5.75 Å². The summed E-state index contributed by atoms with van der Waals surface area (Å²) >= 11 is 3.49. The van der Waals surface area contributed by atoms with Crippen molar-refractivity contribution in [2.75, 3.05) is 26.2 Å². The number of phenolic OH excluding ortho intramolecular Hbond substituents is 1. The molecule has 4 heteroatoms. The summed E-state index contributed by atoms with van der Waals surface area (Å²) in [6.07, 6.45) is 0. The van der Waals surface area contributed by atoms with E-state index in [1.165, 1.54) is 5.56 Å². The highest BCUT2D eigenvalue weighted by molar-refractivity contribution is 9.10. The fourth-order valence-corrected chi connectivity index (χ4v) is 3.16. The molecule has 1 aliphatic heterocycles. The first kappa shape index (κ1) is 14.6. The number of rotatable bonds is 3. The lowest BCUT2D eigenvalue weighted by atomic mass is 9.95. The third-order valence-corrected chi connectivity index (χ3v) is 4.46. The van der Waals surface area contributed by atoms with Crippen LogP contribution < -0.4 is 5.32 Å². The Morgan fingerprint density at radius 2 is 1.67 bits per heavy atom. The van der Waals surface area contributed by atoms with Crippen molar-refractivity contribution in [3.05, 3.63) is 64.1 Å². The second-order valence-electron chi connectivity index (χ2n) is 5.30. The van der Waals surface area contributed by atoms with Gasteiger partial charge in [-0.1, -0.05) is 46.3 Å². The molecule has 2 aromatic carbocycles. The Balaban J connectivity index is 2.01. The molecule has 21 heavy (non-hydrogen) atoms. The van der Waals surface area contributed by atoms with E-state index >= 15 is 0 Å². The third-order valence-electron chi connectivity index (χ3n) is 3.93. The maximum atomic E-state index is 10.3. The zero-order valence-electron chi connectivity index (χ0n) is 11.8. The smallest absolute Gasteiger partial charge is 0.120 e. The quantitative estimate of drug-likeness (QED) is 0.895. The molecular formula is C17H19BrN2O. The van der Waals surface area contributed by atoms with Gasteiger partial charge in [0.25, 0.3) is 0 Å². The summed E-state index contributed by atoms with van der Waals surface area (Å²) in [6.45, 7) is 3.94. The number of piperazine rings is 1. The number of phenols is 1. The van der Waals surface area contributed by atoms with E-state index in [-0.39, 0.29) is 6.04 Å². The first-order valence-electron chi connectivity index (χ1n) is 7.24. The number of aromatic hydroxyl groups is 1. The summed E-state index contributed by atoms with van der Waals surface area (Å²) in [6, 6.07) is 16.1. The van der Waals surface area contributed by atoms with E-state index in [1.807, 2.05) is 18.2 Å². The van der Waals surface area contributed by atoms with E-state index < -0.39 is 0 Å². The summed E-state index contributed by atoms with van der Waals surface area (Å²) in [5.74, 6) is 0.365. The molecule has 0 radical (unpaired) electrons. The van der Waals surface area contributed by atoms with Crippen LogP contribution in [-0.2, 0) is 0 Å². The first-order chi connectivity index (χ1) is 10.3. The van der Waals surface area contributed by atoms with E-state index in [1.54, 1.807) is 6.07 Å². The largest absolute Gasteiger partial charge is 0.508 e. The number of nitrogens with zero attached hydrogens (tertiary/aromatic N) is 1. The van der Waals surface area contributed by atoms with Crippen LogP contribution in [0.3, 0.4) is 0 Å². The Bertz CT molecular complexity index is 594. The van der Waals surface area contributed by atoms with E-state index in [0.717, 1.165) is 36.2 Å². The molecule has 1 heterocycles. The van der Waals surface area contributed by atoms with Gasteiger partial charge in [0.1, 0.15) is 5.75 Å². The minimum absolute atomic E-state index is 0.0985. The predicted octanol–water partition coefficient (Wildman–Crippen LogP) is 3.15. The van der Waals surface area contributed by atoms with Gasteiger partial charge < -0.3 is 10.4 Å². The van der Waals surface area contributed by atoms with Crippen LogP contribution in [0.25, 0.3) is 0 Å². The lowest BCUT2D eigenvalue weighted by Gasteiger charge is -2.35. The number of nitrogens with one attached hydrogen (secondary N) is 1. The maximum Gasteiger partial charge on any atom is 0.120 e. The summed E-state index contributed by atoms with van der Waals surface area (Å²) in [4.78, 5) is 2.43. The minimum Gasteiger partial charge on any atom is -0.508 e. The zero-order chi connectivity index (χ0) is 14.7. The van der Waals surface area contributed by atoms with E-state index in [2.05, 4.69) is 50.4 Å². The lowest BCUT2D eigenvalue weighted by Crippen LogP contribution is -2.45. The second-order valence-corrected chi connectivity index (χ2v) is 6.21. The van der Waals surface area contributed by atoms with Crippen LogP contribution in [0, 0.1) is 0 Å². The third kappa shape index (κ3) is 3.28. The topological polar surface area (TPSA) is 35.5 Å². The summed E-state index contributed by atoms with van der Waals surface area (Å²) in [5, 5.41) is 13.7. The second kappa shape index (κ2) is 6.60. The van der Waals surface area contributed by atoms with Crippen LogP contribution in [0.4, 0.5) is 0 Å². The van der Waals surface area contributed by atoms with Gasteiger partial charge in [-0.3, -0.25) is 4.90 Å². The van der Waals surface area contributed by atoms with Crippen molar-refractivity contribution in [1.82, 2.24) is 10.2 Å². The maximum absolute atomic E-state index is 10.3. The highest BCUT2D eigenvalue weighted by atomic mass is 79.9. The molecule has 1 saturated heterocycles. The fraction of sp³-hybridized carbons (Fsp3) is 0.294. The molecule has 110 valence electrons. The molecule has 1 aliphatic rings. The van der Waals surface area contributed by atoms with E-state index in [9.17, 15) is 5.11 Å². The van der Waals surface area contributed by atoms with Crippen LogP contribution in [0.15, 0.2) is 53.0 Å². The highest BCUT2D eigenvalue weighted by Gasteiger charge is 2.25. The predicted molar refractivity (Wildman–Crippen MR) is 88.5 cm³/mol. The van der Waals surface area contributed by atoms with Gasteiger partial charge in [0.15, 0.2) is 0 Å². The number of para-hydroxylation sites is 1. The number of hydrogen-bond donors (Lipinski definition) is 2. The lowest BCUT2D eigenvalue weighted by molar-refractivity contribution is 0.196. The zero-order valence-corrected chi connectivity index (χ0v) is 13.4. The summed E-state index contributed by atoms with van der Waals surface area (Å²) in [7, 11) is 0. The Morgan fingerprint density at radius 1 is 1.00 bits per heavy atom. The number of benzene rings is 2. The summed E-state index contributed by atoms with van der Waals surface area (Å²) in [5.41, 5.74) is 2.18. The van der Waals surface area contributed by atoms with Crippen molar-refractivity contribution in [3.8, 4) is 5.75 Å². The Morgan fingerprint density at radius 3 is 2.33 bits per heavy atom. The Labute approximate surface area is 133 Å². The molecule has 0 spiro atoms. The molecule has 2 N–H and O–H groups in total. The molecule has 1 unspecified atom stereocenters. The highest BCUT2D eigenvalue weighted by Crippen LogP contribution is 2.34. The fourth-order valence-electron chi connectivity index (χ4n) is 2.89. The average Bonchev–Trinajstić information content (AvgIpc) is 2.52. The molecule has 2 aromatic rings. The molecule has 1 atom stereocenters. The van der Waals surface area contributed by atoms with Gasteiger partial charge in [-0.15, -0.1) is 0 Å². The van der Waals surface area contributed by atoms with Crippen molar-refractivity contribution >= 4 is 15.9 Å². The average molecular weight is 347 g/mol. The molecule has 0 amide bonds. The number of hydrogen-bond acceptors (Lipinski definition) is 3. The van der Waals surface area contributed by atoms with Crippen LogP contribution in [0.2, 0.25) is 0 Å². The van der Waals surface area contributed by atoms with Gasteiger partial charge in [-0.25, -0.2) is 0 Å². The molecule has 3 nitrogen and oxygen atoms in total. The van der Waals surface area contributed by atoms with E-state index in [4.69, 9.17) is 0 Å². The van der Waals surface area contributed by atoms with Crippen molar-refractivity contribution in [3.63, 3.8) is 0 Å². The van der Waals surface area contributed by atoms with Gasteiger partial charge in [-0.2, -0.15) is 0 Å². The monoisotopic (exact) mass is 346 g/mol. The van der Waals surface area contributed by atoms with Crippen molar-refractivity contribution in [2.45, 2.75) is 6.04 Å². The summed E-state index contributed by atoms with van der Waals surface area (Å²) < 4.78 is 1.07. The van der Waals surface area contributed by atoms with Gasteiger partial charge in [0.2, 0.25) is 0 Å². The van der Waals surface area contributed by atoms with Crippen molar-refractivity contribution in [2.24, 2.45) is 0 Å². The van der Waals surface area contributed by atoms with Crippen LogP contribution in [-0.4, -0.2) is 36.2 Å². The molecular weight excluding hydrogens is 328 g/mol. The van der Waals surface area contributed by atoms with Gasteiger partial charge in [-0.05, 0) is 23.8 Å². The van der Waals surface area contributed by atoms with Gasteiger partial charge in [0, 0.05) is 36.2 Å². The van der Waals surface area contributed by atoms with Crippen molar-refractivity contribution in [1.29, 1.82) is 0 Å². The molecule has 1 fully saturated rings. The molecule has 0 bridgehead atoms. The minimum atomic E-state index is 0.0985. The van der Waals surface area contributed by atoms with Gasteiger partial charge in [0.05, 0.1) is 6.04 Å². The molecule has 0 aromatic heterocycles.